The van der Waals surface area contributed by atoms with Gasteiger partial charge in [0.15, 0.2) is 0 Å². The summed E-state index contributed by atoms with van der Waals surface area (Å²) in [5, 5.41) is 8.93. The summed E-state index contributed by atoms with van der Waals surface area (Å²) in [6, 6.07) is 16.8. The van der Waals surface area contributed by atoms with Gasteiger partial charge in [0.05, 0.1) is 28.6 Å². The van der Waals surface area contributed by atoms with Crippen LogP contribution in [0.2, 0.25) is 0 Å². The number of hydrogen-bond acceptors (Lipinski definition) is 3. The van der Waals surface area contributed by atoms with Gasteiger partial charge in [-0.2, -0.15) is 5.26 Å². The van der Waals surface area contributed by atoms with E-state index in [4.69, 9.17) is 5.26 Å². The van der Waals surface area contributed by atoms with Crippen LogP contribution < -0.4 is 0 Å². The Labute approximate surface area is 133 Å². The van der Waals surface area contributed by atoms with E-state index in [1.54, 1.807) is 29.2 Å². The summed E-state index contributed by atoms with van der Waals surface area (Å²) in [7, 11) is 0. The van der Waals surface area contributed by atoms with Gasteiger partial charge < -0.3 is 9.88 Å². The Kier molecular flexibility index (Phi) is 3.09. The van der Waals surface area contributed by atoms with Crippen LogP contribution in [-0.2, 0) is 0 Å². The summed E-state index contributed by atoms with van der Waals surface area (Å²) in [6.07, 6.45) is 0. The number of nitrogens with zero attached hydrogens (tertiary/aromatic N) is 3. The molecule has 1 aliphatic rings. The highest BCUT2D eigenvalue weighted by Crippen LogP contribution is 2.28. The number of para-hydroxylation sites is 2. The van der Waals surface area contributed by atoms with Crippen LogP contribution in [0.1, 0.15) is 27.7 Å². The first-order valence-electron chi connectivity index (χ1n) is 7.48. The highest BCUT2D eigenvalue weighted by Gasteiger charge is 2.34. The van der Waals surface area contributed by atoms with Crippen molar-refractivity contribution in [2.75, 3.05) is 13.1 Å². The fraction of sp³-hybridized carbons (Fsp3) is 0.167. The lowest BCUT2D eigenvalue weighted by atomic mass is 9.98. The van der Waals surface area contributed by atoms with Gasteiger partial charge >= 0.3 is 0 Å². The largest absolute Gasteiger partial charge is 0.342 e. The molecule has 1 fully saturated rings. The van der Waals surface area contributed by atoms with Gasteiger partial charge in [-0.15, -0.1) is 0 Å². The molecule has 4 rings (SSSR count). The normalized spacial score (nSPS) is 14.5. The Morgan fingerprint density at radius 2 is 2.04 bits per heavy atom. The molecule has 0 bridgehead atoms. The molecule has 0 spiro atoms. The molecule has 0 unspecified atom stereocenters. The predicted molar refractivity (Wildman–Crippen MR) is 85.9 cm³/mol. The quantitative estimate of drug-likeness (QED) is 0.791. The standard InChI is InChI=1S/C18H14N4O/c19-9-12-4-3-5-13(8-12)18(23)22-10-14(11-22)17-20-15-6-1-2-7-16(15)21-17/h1-8,14H,10-11H2,(H,20,21). The zero-order valence-electron chi connectivity index (χ0n) is 12.4. The van der Waals surface area contributed by atoms with Gasteiger partial charge in [-0.25, -0.2) is 4.98 Å². The van der Waals surface area contributed by atoms with E-state index in [-0.39, 0.29) is 11.8 Å². The van der Waals surface area contributed by atoms with Crippen molar-refractivity contribution in [3.05, 3.63) is 65.5 Å². The number of benzene rings is 2. The highest BCUT2D eigenvalue weighted by atomic mass is 16.2. The number of fused-ring (bicyclic) bond motifs is 1. The van der Waals surface area contributed by atoms with E-state index >= 15 is 0 Å². The van der Waals surface area contributed by atoms with Gasteiger partial charge in [0.2, 0.25) is 0 Å². The van der Waals surface area contributed by atoms with Gasteiger partial charge in [-0.1, -0.05) is 18.2 Å². The molecule has 2 heterocycles. The van der Waals surface area contributed by atoms with Crippen LogP contribution >= 0.6 is 0 Å². The minimum atomic E-state index is -0.0329. The number of imidazole rings is 1. The zero-order chi connectivity index (χ0) is 15.8. The Hall–Kier alpha value is -3.13. The molecule has 1 aromatic heterocycles. The maximum absolute atomic E-state index is 12.4. The molecule has 1 N–H and O–H groups in total. The third-order valence-corrected chi connectivity index (χ3v) is 4.20. The van der Waals surface area contributed by atoms with Gasteiger partial charge in [0.1, 0.15) is 5.82 Å². The summed E-state index contributed by atoms with van der Waals surface area (Å²) in [4.78, 5) is 22.1. The molecular formula is C18H14N4O. The van der Waals surface area contributed by atoms with Crippen molar-refractivity contribution in [2.24, 2.45) is 0 Å². The number of aromatic amines is 1. The Morgan fingerprint density at radius 1 is 1.22 bits per heavy atom. The Balaban J connectivity index is 1.48. The third-order valence-electron chi connectivity index (χ3n) is 4.20. The third kappa shape index (κ3) is 2.34. The van der Waals surface area contributed by atoms with E-state index in [1.807, 2.05) is 24.3 Å². The van der Waals surface area contributed by atoms with Gasteiger partial charge in [0.25, 0.3) is 5.91 Å². The Morgan fingerprint density at radius 3 is 2.83 bits per heavy atom. The average Bonchev–Trinajstić information content (AvgIpc) is 2.96. The first-order valence-corrected chi connectivity index (χ1v) is 7.48. The number of H-pyrrole nitrogens is 1. The molecule has 23 heavy (non-hydrogen) atoms. The van der Waals surface area contributed by atoms with Gasteiger partial charge in [0, 0.05) is 18.7 Å². The van der Waals surface area contributed by atoms with Crippen LogP contribution in [0.5, 0.6) is 0 Å². The number of amides is 1. The van der Waals surface area contributed by atoms with E-state index in [2.05, 4.69) is 16.0 Å². The molecule has 0 atom stereocenters. The summed E-state index contributed by atoms with van der Waals surface area (Å²) < 4.78 is 0. The molecule has 0 radical (unpaired) electrons. The van der Waals surface area contributed by atoms with Crippen molar-refractivity contribution in [3.63, 3.8) is 0 Å². The molecule has 1 saturated heterocycles. The van der Waals surface area contributed by atoms with Crippen molar-refractivity contribution in [1.82, 2.24) is 14.9 Å². The number of carbonyl (C=O) groups excluding carboxylic acids is 1. The van der Waals surface area contributed by atoms with Crippen molar-refractivity contribution in [2.45, 2.75) is 5.92 Å². The second-order valence-electron chi connectivity index (χ2n) is 5.74. The van der Waals surface area contributed by atoms with Gasteiger partial charge in [-0.05, 0) is 30.3 Å². The lowest BCUT2D eigenvalue weighted by molar-refractivity contribution is 0.0595. The maximum atomic E-state index is 12.4. The number of aromatic nitrogens is 2. The second-order valence-corrected chi connectivity index (χ2v) is 5.74. The van der Waals surface area contributed by atoms with Crippen molar-refractivity contribution in [1.29, 1.82) is 5.26 Å². The molecule has 5 nitrogen and oxygen atoms in total. The second kappa shape index (κ2) is 5.25. The van der Waals surface area contributed by atoms with Crippen molar-refractivity contribution < 1.29 is 4.79 Å². The predicted octanol–water partition coefficient (Wildman–Crippen LogP) is 2.67. The molecule has 5 heteroatoms. The Bertz CT molecular complexity index is 898. The first-order chi connectivity index (χ1) is 11.2. The number of carbonyl (C=O) groups is 1. The minimum Gasteiger partial charge on any atom is -0.342 e. The fourth-order valence-electron chi connectivity index (χ4n) is 2.89. The SMILES string of the molecule is N#Cc1cccc(C(=O)N2CC(c3nc4ccccc4[nH]3)C2)c1. The zero-order valence-corrected chi connectivity index (χ0v) is 12.4. The van der Waals surface area contributed by atoms with E-state index in [0.717, 1.165) is 16.9 Å². The maximum Gasteiger partial charge on any atom is 0.253 e. The number of rotatable bonds is 2. The van der Waals surface area contributed by atoms with Crippen LogP contribution in [0.3, 0.4) is 0 Å². The molecule has 0 saturated carbocycles. The van der Waals surface area contributed by atoms with Crippen LogP contribution in [0.25, 0.3) is 11.0 Å². The lowest BCUT2D eigenvalue weighted by Gasteiger charge is -2.38. The molecule has 2 aromatic carbocycles. The van der Waals surface area contributed by atoms with Gasteiger partial charge in [-0.3, -0.25) is 4.79 Å². The van der Waals surface area contributed by atoms with Crippen molar-refractivity contribution in [3.8, 4) is 6.07 Å². The molecule has 1 amide bonds. The number of hydrogen-bond donors (Lipinski definition) is 1. The van der Waals surface area contributed by atoms with Crippen molar-refractivity contribution >= 4 is 16.9 Å². The van der Waals surface area contributed by atoms with Crippen LogP contribution in [0.4, 0.5) is 0 Å². The minimum absolute atomic E-state index is 0.0329. The topological polar surface area (TPSA) is 72.8 Å². The first kappa shape index (κ1) is 13.5. The highest BCUT2D eigenvalue weighted by molar-refractivity contribution is 5.95. The summed E-state index contributed by atoms with van der Waals surface area (Å²) in [5.74, 6) is 1.14. The van der Waals surface area contributed by atoms with Crippen LogP contribution in [0.15, 0.2) is 48.5 Å². The summed E-state index contributed by atoms with van der Waals surface area (Å²) in [6.45, 7) is 1.30. The molecular weight excluding hydrogens is 288 g/mol. The molecule has 112 valence electrons. The van der Waals surface area contributed by atoms with Crippen LogP contribution in [-0.4, -0.2) is 33.9 Å². The van der Waals surface area contributed by atoms with Crippen LogP contribution in [0, 0.1) is 11.3 Å². The smallest absolute Gasteiger partial charge is 0.253 e. The van der Waals surface area contributed by atoms with E-state index in [9.17, 15) is 4.79 Å². The number of likely N-dealkylation sites (tertiary alicyclic amines) is 1. The monoisotopic (exact) mass is 302 g/mol. The van der Waals surface area contributed by atoms with E-state index in [0.29, 0.717) is 24.2 Å². The number of nitrogens with one attached hydrogen (secondary N) is 1. The lowest BCUT2D eigenvalue weighted by Crippen LogP contribution is -2.48. The fourth-order valence-corrected chi connectivity index (χ4v) is 2.89. The number of nitriles is 1. The molecule has 1 aliphatic heterocycles. The average molecular weight is 302 g/mol. The summed E-state index contributed by atoms with van der Waals surface area (Å²) in [5.41, 5.74) is 3.04. The van der Waals surface area contributed by atoms with E-state index in [1.165, 1.54) is 0 Å². The molecule has 3 aromatic rings. The summed E-state index contributed by atoms with van der Waals surface area (Å²) >= 11 is 0. The van der Waals surface area contributed by atoms with E-state index < -0.39 is 0 Å². The molecule has 0 aliphatic carbocycles.